The molecule has 0 bridgehead atoms. The molecule has 0 radical (unpaired) electrons. The van der Waals surface area contributed by atoms with E-state index < -0.39 is 17.6 Å². The number of halogens is 3. The van der Waals surface area contributed by atoms with Crippen molar-refractivity contribution in [1.82, 2.24) is 10.3 Å². The second-order valence-electron chi connectivity index (χ2n) is 4.55. The molecule has 0 aliphatic rings. The molecule has 0 atom stereocenters. The highest BCUT2D eigenvalue weighted by Gasteiger charge is 2.30. The van der Waals surface area contributed by atoms with Crippen molar-refractivity contribution in [3.63, 3.8) is 0 Å². The van der Waals surface area contributed by atoms with Crippen LogP contribution in [0.2, 0.25) is 0 Å². The zero-order valence-electron chi connectivity index (χ0n) is 11.5. The van der Waals surface area contributed by atoms with Crippen molar-refractivity contribution >= 4 is 11.6 Å². The fraction of sp³-hybridized carbons (Fsp3) is 0.200. The number of nitrogens with zero attached hydrogens (tertiary/aromatic N) is 1. The van der Waals surface area contributed by atoms with Gasteiger partial charge in [-0.2, -0.15) is 13.2 Å². The van der Waals surface area contributed by atoms with Gasteiger partial charge in [0.1, 0.15) is 0 Å². The van der Waals surface area contributed by atoms with Gasteiger partial charge in [0.25, 0.3) is 0 Å². The lowest BCUT2D eigenvalue weighted by Gasteiger charge is -2.10. The first-order chi connectivity index (χ1) is 10.4. The normalized spacial score (nSPS) is 11.2. The Kier molecular flexibility index (Phi) is 5.11. The highest BCUT2D eigenvalue weighted by atomic mass is 19.4. The largest absolute Gasteiger partial charge is 0.416 e. The molecule has 0 saturated carbocycles. The monoisotopic (exact) mass is 309 g/mol. The average Bonchev–Trinajstić information content (AvgIpc) is 2.48. The molecule has 4 nitrogen and oxygen atoms in total. The van der Waals surface area contributed by atoms with Gasteiger partial charge in [-0.25, -0.2) is 0 Å². The van der Waals surface area contributed by atoms with Crippen LogP contribution in [-0.2, 0) is 17.5 Å². The second-order valence-corrected chi connectivity index (χ2v) is 4.55. The van der Waals surface area contributed by atoms with Crippen molar-refractivity contribution < 1.29 is 18.0 Å². The molecular weight excluding hydrogens is 295 g/mol. The van der Waals surface area contributed by atoms with Crippen molar-refractivity contribution in [2.45, 2.75) is 12.7 Å². The zero-order valence-corrected chi connectivity index (χ0v) is 11.5. The standard InChI is InChI=1S/C15H14F3N3O/c16-15(17,18)11-4-3-6-12(8-11)21-14(22)10-19-9-13-5-1-2-7-20-13/h1-8,19H,9-10H2,(H,21,22). The van der Waals surface area contributed by atoms with Crippen molar-refractivity contribution in [2.24, 2.45) is 0 Å². The number of rotatable bonds is 5. The predicted octanol–water partition coefficient (Wildman–Crippen LogP) is 2.83. The molecule has 0 spiro atoms. The molecule has 116 valence electrons. The van der Waals surface area contributed by atoms with E-state index in [-0.39, 0.29) is 12.2 Å². The van der Waals surface area contributed by atoms with E-state index in [4.69, 9.17) is 0 Å². The summed E-state index contributed by atoms with van der Waals surface area (Å²) in [5.74, 6) is -0.421. The first-order valence-corrected chi connectivity index (χ1v) is 6.53. The lowest BCUT2D eigenvalue weighted by Crippen LogP contribution is -2.28. The third kappa shape index (κ3) is 4.85. The van der Waals surface area contributed by atoms with E-state index in [9.17, 15) is 18.0 Å². The van der Waals surface area contributed by atoms with Crippen molar-refractivity contribution in [2.75, 3.05) is 11.9 Å². The number of aromatic nitrogens is 1. The van der Waals surface area contributed by atoms with Gasteiger partial charge < -0.3 is 10.6 Å². The minimum absolute atomic E-state index is 0.0210. The molecule has 1 heterocycles. The Labute approximate surface area is 125 Å². The Morgan fingerprint density at radius 3 is 2.64 bits per heavy atom. The molecular formula is C15H14F3N3O. The maximum atomic E-state index is 12.6. The second kappa shape index (κ2) is 7.04. The van der Waals surface area contributed by atoms with Gasteiger partial charge in [-0.05, 0) is 30.3 Å². The van der Waals surface area contributed by atoms with Crippen molar-refractivity contribution in [1.29, 1.82) is 0 Å². The van der Waals surface area contributed by atoms with Crippen molar-refractivity contribution in [3.8, 4) is 0 Å². The van der Waals surface area contributed by atoms with Gasteiger partial charge >= 0.3 is 6.18 Å². The van der Waals surface area contributed by atoms with E-state index >= 15 is 0 Å². The lowest BCUT2D eigenvalue weighted by atomic mass is 10.2. The molecule has 0 aliphatic carbocycles. The van der Waals surface area contributed by atoms with E-state index in [1.165, 1.54) is 12.1 Å². The van der Waals surface area contributed by atoms with Gasteiger partial charge in [-0.3, -0.25) is 9.78 Å². The Bertz CT molecular complexity index is 629. The number of amides is 1. The van der Waals surface area contributed by atoms with Crippen molar-refractivity contribution in [3.05, 3.63) is 59.9 Å². The molecule has 2 aromatic rings. The number of alkyl halides is 3. The summed E-state index contributed by atoms with van der Waals surface area (Å²) < 4.78 is 37.7. The zero-order chi connectivity index (χ0) is 16.0. The van der Waals surface area contributed by atoms with Crippen LogP contribution in [0.25, 0.3) is 0 Å². The van der Waals surface area contributed by atoms with Crippen LogP contribution in [0.4, 0.5) is 18.9 Å². The van der Waals surface area contributed by atoms with Crippen LogP contribution < -0.4 is 10.6 Å². The van der Waals surface area contributed by atoms with Crippen LogP contribution in [0.5, 0.6) is 0 Å². The minimum atomic E-state index is -4.43. The molecule has 1 aromatic carbocycles. The number of carbonyl (C=O) groups excluding carboxylic acids is 1. The molecule has 0 saturated heterocycles. The highest BCUT2D eigenvalue weighted by Crippen LogP contribution is 2.30. The van der Waals surface area contributed by atoms with Crippen LogP contribution in [0.15, 0.2) is 48.7 Å². The molecule has 1 aromatic heterocycles. The number of benzene rings is 1. The maximum Gasteiger partial charge on any atom is 0.416 e. The molecule has 0 aliphatic heterocycles. The first kappa shape index (κ1) is 16.0. The van der Waals surface area contributed by atoms with Gasteiger partial charge in [0.2, 0.25) is 5.91 Å². The molecule has 2 N–H and O–H groups in total. The Hall–Kier alpha value is -2.41. The van der Waals surface area contributed by atoms with Crippen LogP contribution in [0.1, 0.15) is 11.3 Å². The van der Waals surface area contributed by atoms with E-state index in [2.05, 4.69) is 15.6 Å². The number of nitrogens with one attached hydrogen (secondary N) is 2. The Balaban J connectivity index is 1.84. The predicted molar refractivity (Wildman–Crippen MR) is 76.0 cm³/mol. The van der Waals surface area contributed by atoms with E-state index in [0.717, 1.165) is 17.8 Å². The fourth-order valence-corrected chi connectivity index (χ4v) is 1.79. The topological polar surface area (TPSA) is 54.0 Å². The van der Waals surface area contributed by atoms with Gasteiger partial charge in [-0.15, -0.1) is 0 Å². The maximum absolute atomic E-state index is 12.6. The van der Waals surface area contributed by atoms with Crippen LogP contribution in [-0.4, -0.2) is 17.4 Å². The summed E-state index contributed by atoms with van der Waals surface area (Å²) in [5, 5.41) is 5.29. The van der Waals surface area contributed by atoms with Gasteiger partial charge in [0.15, 0.2) is 0 Å². The van der Waals surface area contributed by atoms with Crippen LogP contribution in [0.3, 0.4) is 0 Å². The van der Waals surface area contributed by atoms with Gasteiger partial charge in [0, 0.05) is 18.4 Å². The number of hydrogen-bond acceptors (Lipinski definition) is 3. The summed E-state index contributed by atoms with van der Waals surface area (Å²) in [6.07, 6.45) is -2.79. The fourth-order valence-electron chi connectivity index (χ4n) is 1.79. The lowest BCUT2D eigenvalue weighted by molar-refractivity contribution is -0.137. The summed E-state index contributed by atoms with van der Waals surface area (Å²) in [6.45, 7) is 0.379. The molecule has 1 amide bonds. The highest BCUT2D eigenvalue weighted by molar-refractivity contribution is 5.92. The molecule has 0 fully saturated rings. The third-order valence-corrected chi connectivity index (χ3v) is 2.79. The molecule has 7 heteroatoms. The van der Waals surface area contributed by atoms with Crippen LogP contribution in [0, 0.1) is 0 Å². The summed E-state index contributed by atoms with van der Waals surface area (Å²) in [5.41, 5.74) is 0.0839. The average molecular weight is 309 g/mol. The summed E-state index contributed by atoms with van der Waals surface area (Å²) in [6, 6.07) is 9.92. The van der Waals surface area contributed by atoms with Gasteiger partial charge in [0.05, 0.1) is 17.8 Å². The number of carbonyl (C=O) groups is 1. The van der Waals surface area contributed by atoms with E-state index in [1.54, 1.807) is 18.3 Å². The Morgan fingerprint density at radius 2 is 1.95 bits per heavy atom. The number of anilines is 1. The molecule has 0 unspecified atom stereocenters. The summed E-state index contributed by atoms with van der Waals surface area (Å²) >= 11 is 0. The van der Waals surface area contributed by atoms with Crippen LogP contribution >= 0.6 is 0 Å². The summed E-state index contributed by atoms with van der Waals surface area (Å²) in [7, 11) is 0. The van der Waals surface area contributed by atoms with Gasteiger partial charge in [-0.1, -0.05) is 12.1 Å². The molecule has 22 heavy (non-hydrogen) atoms. The smallest absolute Gasteiger partial charge is 0.325 e. The molecule has 2 rings (SSSR count). The Morgan fingerprint density at radius 1 is 1.14 bits per heavy atom. The minimum Gasteiger partial charge on any atom is -0.325 e. The van der Waals surface area contributed by atoms with E-state index in [1.807, 2.05) is 6.07 Å². The number of hydrogen-bond donors (Lipinski definition) is 2. The third-order valence-electron chi connectivity index (χ3n) is 2.79. The summed E-state index contributed by atoms with van der Waals surface area (Å²) in [4.78, 5) is 15.8. The first-order valence-electron chi connectivity index (χ1n) is 6.53. The quantitative estimate of drug-likeness (QED) is 0.893. The SMILES string of the molecule is O=C(CNCc1ccccn1)Nc1cccc(C(F)(F)F)c1. The van der Waals surface area contributed by atoms with E-state index in [0.29, 0.717) is 6.54 Å². The number of pyridine rings is 1.